The second-order valence-corrected chi connectivity index (χ2v) is 7.48. The van der Waals surface area contributed by atoms with Crippen molar-refractivity contribution in [3.8, 4) is 24.7 Å². The number of unbranched alkanes of at least 4 members (excludes halogenated alkanes) is 3. The summed E-state index contributed by atoms with van der Waals surface area (Å²) in [5.41, 5.74) is 0. The molecule has 0 aliphatic rings. The summed E-state index contributed by atoms with van der Waals surface area (Å²) >= 11 is 0. The summed E-state index contributed by atoms with van der Waals surface area (Å²) in [6, 6.07) is 0. The van der Waals surface area contributed by atoms with E-state index < -0.39 is 0 Å². The van der Waals surface area contributed by atoms with Crippen molar-refractivity contribution in [1.82, 2.24) is 0 Å². The minimum atomic E-state index is -0.210. The third-order valence-corrected chi connectivity index (χ3v) is 4.43. The Morgan fingerprint density at radius 1 is 0.528 bits per heavy atom. The first kappa shape index (κ1) is 33.4. The highest BCUT2D eigenvalue weighted by atomic mass is 16.6. The molecule has 0 unspecified atom stereocenters. The van der Waals surface area contributed by atoms with Crippen LogP contribution in [0.1, 0.15) is 51.4 Å². The molecule has 8 heteroatoms. The molecule has 0 fully saturated rings. The maximum Gasteiger partial charge on any atom is 0.305 e. The SMILES string of the molecule is C#CCOCCOCCOC(=O)CCC/C=C\CC/C=C\CCCC(=O)OCCOCCOCC#C. The van der Waals surface area contributed by atoms with E-state index in [1.54, 1.807) is 0 Å². The Morgan fingerprint density at radius 3 is 1.31 bits per heavy atom. The highest BCUT2D eigenvalue weighted by Crippen LogP contribution is 2.03. The topological polar surface area (TPSA) is 89.5 Å². The van der Waals surface area contributed by atoms with Crippen molar-refractivity contribution in [2.24, 2.45) is 0 Å². The van der Waals surface area contributed by atoms with Gasteiger partial charge in [0.05, 0.1) is 39.6 Å². The third-order valence-electron chi connectivity index (χ3n) is 4.43. The monoisotopic (exact) mass is 506 g/mol. The molecule has 0 saturated heterocycles. The van der Waals surface area contributed by atoms with Crippen LogP contribution >= 0.6 is 0 Å². The van der Waals surface area contributed by atoms with Crippen molar-refractivity contribution in [2.75, 3.05) is 66.1 Å². The molecule has 0 rings (SSSR count). The average molecular weight is 507 g/mol. The normalized spacial score (nSPS) is 10.9. The molecule has 0 spiro atoms. The predicted octanol–water partition coefficient (Wildman–Crippen LogP) is 3.64. The summed E-state index contributed by atoms with van der Waals surface area (Å²) in [5.74, 6) is 4.32. The Morgan fingerprint density at radius 2 is 0.889 bits per heavy atom. The van der Waals surface area contributed by atoms with Gasteiger partial charge >= 0.3 is 11.9 Å². The molecule has 8 nitrogen and oxygen atoms in total. The van der Waals surface area contributed by atoms with Gasteiger partial charge < -0.3 is 28.4 Å². The van der Waals surface area contributed by atoms with Gasteiger partial charge in [-0.3, -0.25) is 9.59 Å². The first-order valence-corrected chi connectivity index (χ1v) is 12.5. The molecule has 36 heavy (non-hydrogen) atoms. The largest absolute Gasteiger partial charge is 0.463 e. The molecule has 0 heterocycles. The Kier molecular flexibility index (Phi) is 26.5. The van der Waals surface area contributed by atoms with Crippen molar-refractivity contribution in [3.63, 3.8) is 0 Å². The number of hydrogen-bond acceptors (Lipinski definition) is 8. The van der Waals surface area contributed by atoms with Crippen molar-refractivity contribution in [3.05, 3.63) is 24.3 Å². The van der Waals surface area contributed by atoms with Crippen LogP contribution in [0.25, 0.3) is 0 Å². The first-order chi connectivity index (χ1) is 17.7. The molecule has 0 aromatic carbocycles. The Hall–Kier alpha value is -2.62. The molecule has 0 aliphatic heterocycles. The molecule has 0 aromatic rings. The molecule has 0 aromatic heterocycles. The van der Waals surface area contributed by atoms with Gasteiger partial charge in [0.25, 0.3) is 0 Å². The third kappa shape index (κ3) is 27.6. The van der Waals surface area contributed by atoms with Crippen LogP contribution in [0.2, 0.25) is 0 Å². The van der Waals surface area contributed by atoms with Crippen LogP contribution in [-0.2, 0) is 38.0 Å². The summed E-state index contributed by atoms with van der Waals surface area (Å²) in [4.78, 5) is 23.3. The van der Waals surface area contributed by atoms with Gasteiger partial charge in [0.1, 0.15) is 26.4 Å². The van der Waals surface area contributed by atoms with Gasteiger partial charge in [-0.05, 0) is 38.5 Å². The van der Waals surface area contributed by atoms with Gasteiger partial charge in [-0.1, -0.05) is 36.1 Å². The highest BCUT2D eigenvalue weighted by Gasteiger charge is 2.02. The van der Waals surface area contributed by atoms with Crippen LogP contribution in [-0.4, -0.2) is 78.0 Å². The fraction of sp³-hybridized carbons (Fsp3) is 0.643. The summed E-state index contributed by atoms with van der Waals surface area (Å²) in [5, 5.41) is 0. The maximum absolute atomic E-state index is 11.6. The lowest BCUT2D eigenvalue weighted by atomic mass is 10.2. The van der Waals surface area contributed by atoms with Gasteiger partial charge in [-0.2, -0.15) is 0 Å². The smallest absolute Gasteiger partial charge is 0.305 e. The van der Waals surface area contributed by atoms with Crippen LogP contribution in [0.15, 0.2) is 24.3 Å². The average Bonchev–Trinajstić information content (AvgIpc) is 2.87. The van der Waals surface area contributed by atoms with Gasteiger partial charge in [-0.25, -0.2) is 0 Å². The number of rotatable bonds is 25. The Bertz CT molecular complexity index is 614. The number of carbonyl (C=O) groups is 2. The van der Waals surface area contributed by atoms with E-state index in [0.717, 1.165) is 38.5 Å². The molecular formula is C28H42O8. The van der Waals surface area contributed by atoms with Crippen LogP contribution < -0.4 is 0 Å². The van der Waals surface area contributed by atoms with Crippen molar-refractivity contribution >= 4 is 11.9 Å². The van der Waals surface area contributed by atoms with E-state index >= 15 is 0 Å². The highest BCUT2D eigenvalue weighted by molar-refractivity contribution is 5.69. The molecule has 0 aliphatic carbocycles. The van der Waals surface area contributed by atoms with Crippen LogP contribution in [0.3, 0.4) is 0 Å². The van der Waals surface area contributed by atoms with E-state index in [4.69, 9.17) is 41.3 Å². The number of allylic oxidation sites excluding steroid dienone is 4. The number of esters is 2. The second-order valence-electron chi connectivity index (χ2n) is 7.48. The summed E-state index contributed by atoms with van der Waals surface area (Å²) < 4.78 is 30.9. The van der Waals surface area contributed by atoms with Crippen LogP contribution in [0, 0.1) is 24.7 Å². The lowest BCUT2D eigenvalue weighted by Crippen LogP contribution is -2.12. The van der Waals surface area contributed by atoms with Gasteiger partial charge in [0.15, 0.2) is 0 Å². The summed E-state index contributed by atoms with van der Waals surface area (Å²) in [6.07, 6.45) is 24.4. The number of terminal acetylenes is 2. The van der Waals surface area contributed by atoms with E-state index in [2.05, 4.69) is 36.1 Å². The van der Waals surface area contributed by atoms with Crippen LogP contribution in [0.5, 0.6) is 0 Å². The minimum absolute atomic E-state index is 0.210. The Balaban J connectivity index is 3.40. The van der Waals surface area contributed by atoms with E-state index in [-0.39, 0.29) is 38.4 Å². The zero-order chi connectivity index (χ0) is 26.4. The summed E-state index contributed by atoms with van der Waals surface area (Å²) in [6.45, 7) is 3.46. The lowest BCUT2D eigenvalue weighted by molar-refractivity contribution is -0.146. The second kappa shape index (κ2) is 28.6. The predicted molar refractivity (Wildman–Crippen MR) is 138 cm³/mol. The van der Waals surface area contributed by atoms with Crippen LogP contribution in [0.4, 0.5) is 0 Å². The van der Waals surface area contributed by atoms with E-state index in [9.17, 15) is 9.59 Å². The molecule has 0 amide bonds. The van der Waals surface area contributed by atoms with E-state index in [1.165, 1.54) is 0 Å². The zero-order valence-corrected chi connectivity index (χ0v) is 21.5. The molecule has 0 saturated carbocycles. The quantitative estimate of drug-likeness (QED) is 0.0803. The van der Waals surface area contributed by atoms with Crippen molar-refractivity contribution in [1.29, 1.82) is 0 Å². The lowest BCUT2D eigenvalue weighted by Gasteiger charge is -2.05. The molecule has 0 bridgehead atoms. The number of carbonyl (C=O) groups excluding carboxylic acids is 2. The summed E-state index contributed by atoms with van der Waals surface area (Å²) in [7, 11) is 0. The standard InChI is InChI=1S/C28H42O8/c1-3-17-31-19-21-33-23-25-35-27(29)15-13-11-9-7-5-6-8-10-12-14-16-28(30)36-26-24-34-22-20-32-18-4-2/h1-2,7-10H,5-6,11-26H2/b9-7-,10-8-. The van der Waals surface area contributed by atoms with Gasteiger partial charge in [-0.15, -0.1) is 12.8 Å². The molecular weight excluding hydrogens is 464 g/mol. The fourth-order valence-corrected chi connectivity index (χ4v) is 2.67. The molecule has 0 N–H and O–H groups in total. The fourth-order valence-electron chi connectivity index (χ4n) is 2.67. The van der Waals surface area contributed by atoms with Gasteiger partial charge in [0.2, 0.25) is 0 Å². The maximum atomic E-state index is 11.6. The molecule has 202 valence electrons. The molecule has 0 radical (unpaired) electrons. The van der Waals surface area contributed by atoms with E-state index in [1.807, 2.05) is 0 Å². The van der Waals surface area contributed by atoms with Gasteiger partial charge in [0, 0.05) is 12.8 Å². The number of ether oxygens (including phenoxy) is 6. The Labute approximate surface area is 216 Å². The van der Waals surface area contributed by atoms with Crippen molar-refractivity contribution < 1.29 is 38.0 Å². The molecule has 0 atom stereocenters. The van der Waals surface area contributed by atoms with E-state index in [0.29, 0.717) is 52.5 Å². The van der Waals surface area contributed by atoms with Crippen molar-refractivity contribution in [2.45, 2.75) is 51.4 Å². The first-order valence-electron chi connectivity index (χ1n) is 12.5. The minimum Gasteiger partial charge on any atom is -0.463 e. The zero-order valence-electron chi connectivity index (χ0n) is 21.5. The number of hydrogen-bond donors (Lipinski definition) is 0.